The molecule has 168 valence electrons. The van der Waals surface area contributed by atoms with Gasteiger partial charge in [-0.25, -0.2) is 4.98 Å². The Kier molecular flexibility index (Phi) is 5.81. The zero-order chi connectivity index (χ0) is 22.9. The minimum absolute atomic E-state index is 0.105. The molecule has 0 radical (unpaired) electrons. The molecular weight excluding hydrogens is 430 g/mol. The van der Waals surface area contributed by atoms with E-state index in [1.54, 1.807) is 0 Å². The molecule has 0 saturated carbocycles. The molecule has 6 nitrogen and oxygen atoms in total. The molecular formula is C26H27N5OS. The molecule has 7 heteroatoms. The number of thiazole rings is 1. The molecule has 1 aliphatic rings. The molecule has 1 N–H and O–H groups in total. The molecule has 1 amide bonds. The van der Waals surface area contributed by atoms with Gasteiger partial charge < -0.3 is 5.32 Å². The van der Waals surface area contributed by atoms with E-state index >= 15 is 0 Å². The van der Waals surface area contributed by atoms with E-state index in [0.717, 1.165) is 52.5 Å². The van der Waals surface area contributed by atoms with Crippen LogP contribution >= 0.6 is 11.3 Å². The normalized spacial score (nSPS) is 14.6. The zero-order valence-electron chi connectivity index (χ0n) is 19.1. The molecule has 1 atom stereocenters. The van der Waals surface area contributed by atoms with Crippen molar-refractivity contribution < 1.29 is 4.79 Å². The van der Waals surface area contributed by atoms with E-state index in [1.165, 1.54) is 29.4 Å². The number of hydrogen-bond acceptors (Lipinski definition) is 5. The fraction of sp³-hybridized carbons (Fsp3) is 0.308. The monoisotopic (exact) mass is 457 g/mol. The molecule has 1 unspecified atom stereocenters. The Bertz CT molecular complexity index is 1290. The minimum Gasteiger partial charge on any atom is -0.302 e. The maximum absolute atomic E-state index is 11.6. The summed E-state index contributed by atoms with van der Waals surface area (Å²) < 4.78 is 2.10. The van der Waals surface area contributed by atoms with E-state index in [-0.39, 0.29) is 11.8 Å². The summed E-state index contributed by atoms with van der Waals surface area (Å²) in [5, 5.41) is 8.63. The van der Waals surface area contributed by atoms with Gasteiger partial charge in [0.25, 0.3) is 0 Å². The number of benzene rings is 1. The highest BCUT2D eigenvalue weighted by Gasteiger charge is 2.33. The van der Waals surface area contributed by atoms with Crippen molar-refractivity contribution in [1.82, 2.24) is 19.7 Å². The lowest BCUT2D eigenvalue weighted by Gasteiger charge is -2.20. The van der Waals surface area contributed by atoms with Crippen molar-refractivity contribution in [3.63, 3.8) is 0 Å². The second-order valence-corrected chi connectivity index (χ2v) is 9.62. The van der Waals surface area contributed by atoms with Crippen molar-refractivity contribution >= 4 is 22.4 Å². The molecule has 0 saturated heterocycles. The van der Waals surface area contributed by atoms with Crippen LogP contribution in [-0.4, -0.2) is 25.7 Å². The lowest BCUT2D eigenvalue weighted by molar-refractivity contribution is -0.114. The molecule has 0 fully saturated rings. The number of nitrogens with zero attached hydrogens (tertiary/aromatic N) is 4. The van der Waals surface area contributed by atoms with E-state index in [2.05, 4.69) is 65.2 Å². The molecule has 0 aliphatic heterocycles. The van der Waals surface area contributed by atoms with E-state index < -0.39 is 0 Å². The molecule has 1 aromatic carbocycles. The fourth-order valence-electron chi connectivity index (χ4n) is 4.51. The molecule has 1 aliphatic carbocycles. The van der Waals surface area contributed by atoms with Gasteiger partial charge >= 0.3 is 0 Å². The van der Waals surface area contributed by atoms with Crippen LogP contribution < -0.4 is 5.32 Å². The maximum Gasteiger partial charge on any atom is 0.223 e. The summed E-state index contributed by atoms with van der Waals surface area (Å²) in [5.41, 5.74) is 7.70. The van der Waals surface area contributed by atoms with Gasteiger partial charge in [0.05, 0.1) is 28.5 Å². The van der Waals surface area contributed by atoms with E-state index in [4.69, 9.17) is 10.1 Å². The summed E-state index contributed by atoms with van der Waals surface area (Å²) in [6, 6.07) is 14.6. The number of aromatic nitrogens is 4. The zero-order valence-corrected chi connectivity index (χ0v) is 19.9. The number of rotatable bonds is 6. The lowest BCUT2D eigenvalue weighted by Crippen LogP contribution is -2.11. The highest BCUT2D eigenvalue weighted by atomic mass is 32.1. The van der Waals surface area contributed by atoms with Gasteiger partial charge in [0, 0.05) is 29.9 Å². The van der Waals surface area contributed by atoms with Gasteiger partial charge in [0.15, 0.2) is 5.13 Å². The van der Waals surface area contributed by atoms with Crippen LogP contribution in [0.25, 0.3) is 21.8 Å². The van der Waals surface area contributed by atoms with Crippen LogP contribution in [0.3, 0.4) is 0 Å². The SMILES string of the molecule is CCCc1ccc(-c2nn(Cc3ccccc3)c3c2C(C)Cc2nc(NC(C)=O)sc2-3)cn1. The van der Waals surface area contributed by atoms with Crippen LogP contribution in [0, 0.1) is 0 Å². The van der Waals surface area contributed by atoms with Gasteiger partial charge in [-0.15, -0.1) is 0 Å². The number of hydrogen-bond donors (Lipinski definition) is 1. The lowest BCUT2D eigenvalue weighted by atomic mass is 9.86. The molecule has 0 bridgehead atoms. The number of anilines is 1. The molecule has 0 spiro atoms. The highest BCUT2D eigenvalue weighted by molar-refractivity contribution is 7.19. The van der Waals surface area contributed by atoms with Crippen LogP contribution in [0.15, 0.2) is 48.7 Å². The first-order chi connectivity index (χ1) is 16.0. The molecule has 33 heavy (non-hydrogen) atoms. The van der Waals surface area contributed by atoms with Gasteiger partial charge in [-0.2, -0.15) is 5.10 Å². The average Bonchev–Trinajstić information content (AvgIpc) is 3.36. The first kappa shape index (κ1) is 21.5. The summed E-state index contributed by atoms with van der Waals surface area (Å²) in [7, 11) is 0. The van der Waals surface area contributed by atoms with Gasteiger partial charge in [0.2, 0.25) is 5.91 Å². The summed E-state index contributed by atoms with van der Waals surface area (Å²) in [4.78, 5) is 22.2. The van der Waals surface area contributed by atoms with Crippen molar-refractivity contribution in [1.29, 1.82) is 0 Å². The van der Waals surface area contributed by atoms with Crippen molar-refractivity contribution in [2.24, 2.45) is 0 Å². The molecule has 5 rings (SSSR count). The van der Waals surface area contributed by atoms with Crippen LogP contribution in [0.4, 0.5) is 5.13 Å². The number of carbonyl (C=O) groups is 1. The summed E-state index contributed by atoms with van der Waals surface area (Å²) in [6.07, 6.45) is 4.84. The number of carbonyl (C=O) groups excluding carboxylic acids is 1. The van der Waals surface area contributed by atoms with Gasteiger partial charge in [-0.05, 0) is 36.5 Å². The number of fused-ring (bicyclic) bond motifs is 3. The van der Waals surface area contributed by atoms with Crippen LogP contribution in [-0.2, 0) is 24.2 Å². The summed E-state index contributed by atoms with van der Waals surface area (Å²) >= 11 is 1.53. The second-order valence-electron chi connectivity index (χ2n) is 8.62. The Hall–Kier alpha value is -3.32. The Labute approximate surface area is 197 Å². The third-order valence-electron chi connectivity index (χ3n) is 5.96. The van der Waals surface area contributed by atoms with Gasteiger partial charge in [-0.3, -0.25) is 14.5 Å². The van der Waals surface area contributed by atoms with Gasteiger partial charge in [0.1, 0.15) is 0 Å². The van der Waals surface area contributed by atoms with Gasteiger partial charge in [-0.1, -0.05) is 61.9 Å². The second kappa shape index (κ2) is 8.90. The predicted octanol–water partition coefficient (Wildman–Crippen LogP) is 5.69. The smallest absolute Gasteiger partial charge is 0.223 e. The van der Waals surface area contributed by atoms with Crippen LogP contribution in [0.2, 0.25) is 0 Å². The molecule has 3 aromatic heterocycles. The number of aryl methyl sites for hydroxylation is 1. The average molecular weight is 458 g/mol. The Balaban J connectivity index is 1.66. The number of nitrogens with one attached hydrogen (secondary N) is 1. The minimum atomic E-state index is -0.105. The quantitative estimate of drug-likeness (QED) is 0.404. The Morgan fingerprint density at radius 2 is 2.03 bits per heavy atom. The Morgan fingerprint density at radius 3 is 2.73 bits per heavy atom. The van der Waals surface area contributed by atoms with E-state index in [1.807, 2.05) is 12.3 Å². The van der Waals surface area contributed by atoms with E-state index in [9.17, 15) is 4.79 Å². The van der Waals surface area contributed by atoms with Crippen molar-refractivity contribution in [3.05, 3.63) is 71.2 Å². The highest BCUT2D eigenvalue weighted by Crippen LogP contribution is 2.47. The van der Waals surface area contributed by atoms with E-state index in [0.29, 0.717) is 11.7 Å². The third-order valence-corrected chi connectivity index (χ3v) is 6.98. The first-order valence-electron chi connectivity index (χ1n) is 11.4. The number of amides is 1. The molecule has 4 aromatic rings. The van der Waals surface area contributed by atoms with Crippen molar-refractivity contribution in [3.8, 4) is 21.8 Å². The maximum atomic E-state index is 11.6. The standard InChI is InChI=1S/C26H27N5OS/c1-4-8-20-12-11-19(14-27-20)23-22-16(2)13-21-25(33-26(29-21)28-17(3)32)24(22)31(30-23)15-18-9-6-5-7-10-18/h5-7,9-12,14,16H,4,8,13,15H2,1-3H3,(H,28,29,32). The van der Waals surface area contributed by atoms with Crippen LogP contribution in [0.5, 0.6) is 0 Å². The third kappa shape index (κ3) is 4.20. The topological polar surface area (TPSA) is 72.7 Å². The largest absolute Gasteiger partial charge is 0.302 e. The van der Waals surface area contributed by atoms with Crippen LogP contribution in [0.1, 0.15) is 55.6 Å². The summed E-state index contributed by atoms with van der Waals surface area (Å²) in [5.74, 6) is 0.153. The Morgan fingerprint density at radius 1 is 1.21 bits per heavy atom. The van der Waals surface area contributed by atoms with Crippen molar-refractivity contribution in [2.45, 2.75) is 52.5 Å². The first-order valence-corrected chi connectivity index (χ1v) is 12.2. The predicted molar refractivity (Wildman–Crippen MR) is 133 cm³/mol. The number of pyridine rings is 1. The fourth-order valence-corrected chi connectivity index (χ4v) is 5.61. The van der Waals surface area contributed by atoms with Crippen molar-refractivity contribution in [2.75, 3.05) is 5.32 Å². The summed E-state index contributed by atoms with van der Waals surface area (Å²) in [6.45, 7) is 6.59. The molecule has 3 heterocycles.